The summed E-state index contributed by atoms with van der Waals surface area (Å²) in [5.74, 6) is 0.980. The second-order valence-electron chi connectivity index (χ2n) is 3.71. The Bertz CT molecular complexity index is 300. The number of hydrogen-bond donors (Lipinski definition) is 2. The Kier molecular flexibility index (Phi) is 6.53. The van der Waals surface area contributed by atoms with Gasteiger partial charge in [-0.3, -0.25) is 0 Å². The topological polar surface area (TPSA) is 32.3 Å². The lowest BCUT2D eigenvalue weighted by atomic mass is 10.1. The van der Waals surface area contributed by atoms with E-state index in [-0.39, 0.29) is 6.61 Å². The molecular formula is C13H21NOS. The van der Waals surface area contributed by atoms with Crippen LogP contribution < -0.4 is 5.32 Å². The Morgan fingerprint density at radius 3 is 2.75 bits per heavy atom. The zero-order valence-electron chi connectivity index (χ0n) is 10.1. The van der Waals surface area contributed by atoms with E-state index in [0.29, 0.717) is 6.04 Å². The van der Waals surface area contributed by atoms with Gasteiger partial charge in [0.05, 0.1) is 0 Å². The Morgan fingerprint density at radius 1 is 1.38 bits per heavy atom. The lowest BCUT2D eigenvalue weighted by Gasteiger charge is -2.18. The van der Waals surface area contributed by atoms with Gasteiger partial charge in [0.25, 0.3) is 0 Å². The average molecular weight is 239 g/mol. The van der Waals surface area contributed by atoms with Gasteiger partial charge in [-0.2, -0.15) is 0 Å². The summed E-state index contributed by atoms with van der Waals surface area (Å²) in [5, 5.41) is 12.1. The predicted molar refractivity (Wildman–Crippen MR) is 71.0 cm³/mol. The molecule has 1 rings (SSSR count). The largest absolute Gasteiger partial charge is 0.396 e. The van der Waals surface area contributed by atoms with Crippen molar-refractivity contribution in [3.63, 3.8) is 0 Å². The van der Waals surface area contributed by atoms with E-state index >= 15 is 0 Å². The quantitative estimate of drug-likeness (QED) is 0.567. The normalized spacial score (nSPS) is 12.7. The van der Waals surface area contributed by atoms with Crippen molar-refractivity contribution in [2.24, 2.45) is 0 Å². The molecule has 2 nitrogen and oxygen atoms in total. The van der Waals surface area contributed by atoms with Gasteiger partial charge in [0, 0.05) is 23.3 Å². The molecular weight excluding hydrogens is 218 g/mol. The highest BCUT2D eigenvalue weighted by Gasteiger charge is 2.10. The summed E-state index contributed by atoms with van der Waals surface area (Å²) >= 11 is 1.83. The maximum atomic E-state index is 8.79. The van der Waals surface area contributed by atoms with Gasteiger partial charge in [-0.25, -0.2) is 0 Å². The molecule has 0 saturated heterocycles. The third-order valence-electron chi connectivity index (χ3n) is 2.61. The molecule has 90 valence electrons. The van der Waals surface area contributed by atoms with Crippen LogP contribution in [0, 0.1) is 0 Å². The molecule has 0 bridgehead atoms. The highest BCUT2D eigenvalue weighted by Crippen LogP contribution is 2.29. The zero-order chi connectivity index (χ0) is 11.8. The number of benzene rings is 1. The molecule has 1 aromatic carbocycles. The van der Waals surface area contributed by atoms with Crippen molar-refractivity contribution in [1.29, 1.82) is 0 Å². The fourth-order valence-corrected chi connectivity index (χ4v) is 2.77. The number of aliphatic hydroxyl groups excluding tert-OH is 1. The second-order valence-corrected chi connectivity index (χ2v) is 4.85. The monoisotopic (exact) mass is 239 g/mol. The SMILES string of the molecule is CCC(NC)c1ccccc1SCCCO. The van der Waals surface area contributed by atoms with E-state index in [9.17, 15) is 0 Å². The van der Waals surface area contributed by atoms with E-state index in [0.717, 1.165) is 18.6 Å². The third-order valence-corrected chi connectivity index (χ3v) is 3.79. The summed E-state index contributed by atoms with van der Waals surface area (Å²) in [6.07, 6.45) is 1.95. The maximum absolute atomic E-state index is 8.79. The fourth-order valence-electron chi connectivity index (χ4n) is 1.73. The first-order valence-electron chi connectivity index (χ1n) is 5.83. The fraction of sp³-hybridized carbons (Fsp3) is 0.538. The van der Waals surface area contributed by atoms with E-state index in [4.69, 9.17) is 5.11 Å². The van der Waals surface area contributed by atoms with Crippen LogP contribution in [0.5, 0.6) is 0 Å². The summed E-state index contributed by atoms with van der Waals surface area (Å²) in [6, 6.07) is 8.94. The summed E-state index contributed by atoms with van der Waals surface area (Å²) in [6.45, 7) is 2.47. The van der Waals surface area contributed by atoms with E-state index in [1.807, 2.05) is 18.8 Å². The van der Waals surface area contributed by atoms with Gasteiger partial charge >= 0.3 is 0 Å². The van der Waals surface area contributed by atoms with Crippen molar-refractivity contribution >= 4 is 11.8 Å². The molecule has 0 radical (unpaired) electrons. The van der Waals surface area contributed by atoms with Crippen molar-refractivity contribution in [2.45, 2.75) is 30.7 Å². The first-order chi connectivity index (χ1) is 7.83. The van der Waals surface area contributed by atoms with Crippen LogP contribution in [-0.4, -0.2) is 24.5 Å². The third kappa shape index (κ3) is 3.81. The molecule has 1 aromatic rings. The number of nitrogens with one attached hydrogen (secondary N) is 1. The Labute approximate surface area is 102 Å². The van der Waals surface area contributed by atoms with Gasteiger partial charge in [0.2, 0.25) is 0 Å². The Morgan fingerprint density at radius 2 is 2.12 bits per heavy atom. The summed E-state index contributed by atoms with van der Waals surface area (Å²) < 4.78 is 0. The predicted octanol–water partition coefficient (Wildman–Crippen LogP) is 2.83. The smallest absolute Gasteiger partial charge is 0.0439 e. The van der Waals surface area contributed by atoms with Crippen molar-refractivity contribution in [2.75, 3.05) is 19.4 Å². The Hall–Kier alpha value is -0.510. The van der Waals surface area contributed by atoms with Crippen LogP contribution in [-0.2, 0) is 0 Å². The van der Waals surface area contributed by atoms with Crippen LogP contribution in [0.4, 0.5) is 0 Å². The summed E-state index contributed by atoms with van der Waals surface area (Å²) in [4.78, 5) is 1.33. The van der Waals surface area contributed by atoms with Gasteiger partial charge in [-0.15, -0.1) is 11.8 Å². The molecule has 0 fully saturated rings. The van der Waals surface area contributed by atoms with Gasteiger partial charge < -0.3 is 10.4 Å². The minimum atomic E-state index is 0.276. The first kappa shape index (κ1) is 13.6. The Balaban J connectivity index is 2.74. The molecule has 3 heteroatoms. The molecule has 0 aliphatic heterocycles. The molecule has 1 unspecified atom stereocenters. The molecule has 0 aliphatic rings. The van der Waals surface area contributed by atoms with Crippen LogP contribution in [0.3, 0.4) is 0 Å². The summed E-state index contributed by atoms with van der Waals surface area (Å²) in [5.41, 5.74) is 1.37. The molecule has 0 aliphatic carbocycles. The van der Waals surface area contributed by atoms with Gasteiger partial charge in [0.15, 0.2) is 0 Å². The van der Waals surface area contributed by atoms with Crippen LogP contribution in [0.15, 0.2) is 29.2 Å². The lowest BCUT2D eigenvalue weighted by molar-refractivity contribution is 0.296. The molecule has 1 atom stereocenters. The highest BCUT2D eigenvalue weighted by atomic mass is 32.2. The van der Waals surface area contributed by atoms with E-state index < -0.39 is 0 Å². The van der Waals surface area contributed by atoms with Gasteiger partial charge in [-0.1, -0.05) is 25.1 Å². The second kappa shape index (κ2) is 7.71. The minimum Gasteiger partial charge on any atom is -0.396 e. The maximum Gasteiger partial charge on any atom is 0.0439 e. The van der Waals surface area contributed by atoms with Crippen molar-refractivity contribution in [3.05, 3.63) is 29.8 Å². The van der Waals surface area contributed by atoms with Gasteiger partial charge in [-0.05, 0) is 31.5 Å². The minimum absolute atomic E-state index is 0.276. The van der Waals surface area contributed by atoms with Crippen molar-refractivity contribution < 1.29 is 5.11 Å². The van der Waals surface area contributed by atoms with Crippen LogP contribution >= 0.6 is 11.8 Å². The molecule has 0 spiro atoms. The van der Waals surface area contributed by atoms with Crippen LogP contribution in [0.1, 0.15) is 31.4 Å². The zero-order valence-corrected chi connectivity index (χ0v) is 10.9. The van der Waals surface area contributed by atoms with E-state index in [1.54, 1.807) is 0 Å². The average Bonchev–Trinajstić information content (AvgIpc) is 2.33. The summed E-state index contributed by atoms with van der Waals surface area (Å²) in [7, 11) is 2.00. The van der Waals surface area contributed by atoms with Crippen LogP contribution in [0.2, 0.25) is 0 Å². The highest BCUT2D eigenvalue weighted by molar-refractivity contribution is 7.99. The molecule has 0 saturated carbocycles. The molecule has 2 N–H and O–H groups in total. The number of thioether (sulfide) groups is 1. The van der Waals surface area contributed by atoms with Crippen molar-refractivity contribution in [3.8, 4) is 0 Å². The van der Waals surface area contributed by atoms with E-state index in [1.165, 1.54) is 10.5 Å². The first-order valence-corrected chi connectivity index (χ1v) is 6.81. The van der Waals surface area contributed by atoms with Crippen LogP contribution in [0.25, 0.3) is 0 Å². The lowest BCUT2D eigenvalue weighted by Crippen LogP contribution is -2.15. The molecule has 16 heavy (non-hydrogen) atoms. The van der Waals surface area contributed by atoms with Gasteiger partial charge in [0.1, 0.15) is 0 Å². The molecule has 0 heterocycles. The number of aliphatic hydroxyl groups is 1. The standard InChI is InChI=1S/C13H21NOS/c1-3-12(14-2)11-7-4-5-8-13(11)16-10-6-9-15/h4-5,7-8,12,14-15H,3,6,9-10H2,1-2H3. The molecule has 0 amide bonds. The number of rotatable bonds is 7. The molecule has 0 aromatic heterocycles. The van der Waals surface area contributed by atoms with Crippen molar-refractivity contribution in [1.82, 2.24) is 5.32 Å². The van der Waals surface area contributed by atoms with E-state index in [2.05, 4.69) is 36.5 Å². The number of hydrogen-bond acceptors (Lipinski definition) is 3.